The van der Waals surface area contributed by atoms with Crippen molar-refractivity contribution >= 4 is 17.6 Å². The number of hydrogen-bond donors (Lipinski definition) is 1. The van der Waals surface area contributed by atoms with Gasteiger partial charge in [-0.2, -0.15) is 0 Å². The molecule has 0 aliphatic heterocycles. The summed E-state index contributed by atoms with van der Waals surface area (Å²) in [5.74, 6) is 0.0377. The number of esters is 1. The van der Waals surface area contributed by atoms with Crippen LogP contribution in [0.5, 0.6) is 11.5 Å². The largest absolute Gasteiger partial charge is 0.496 e. The van der Waals surface area contributed by atoms with Gasteiger partial charge in [0.15, 0.2) is 6.61 Å². The maximum atomic E-state index is 12.6. The Balaban J connectivity index is 2.17. The molecule has 1 amide bonds. The monoisotopic (exact) mass is 399 g/mol. The van der Waals surface area contributed by atoms with E-state index < -0.39 is 18.5 Å². The second-order valence-corrected chi connectivity index (χ2v) is 7.28. The number of para-hydroxylation sites is 1. The highest BCUT2D eigenvalue weighted by Crippen LogP contribution is 2.32. The minimum atomic E-state index is -0.685. The lowest BCUT2D eigenvalue weighted by Crippen LogP contribution is -2.23. The quantitative estimate of drug-likeness (QED) is 0.649. The zero-order chi connectivity index (χ0) is 21.6. The van der Waals surface area contributed by atoms with Gasteiger partial charge in [0.2, 0.25) is 0 Å². The molecule has 0 saturated carbocycles. The number of hydrogen-bond acceptors (Lipinski definition) is 5. The maximum Gasteiger partial charge on any atom is 0.346 e. The van der Waals surface area contributed by atoms with E-state index in [4.69, 9.17) is 14.2 Å². The van der Waals surface area contributed by atoms with Gasteiger partial charge in [-0.25, -0.2) is 4.79 Å². The molecule has 0 unspecified atom stereocenters. The minimum Gasteiger partial charge on any atom is -0.496 e. The van der Waals surface area contributed by atoms with Crippen molar-refractivity contribution in [1.29, 1.82) is 0 Å². The van der Waals surface area contributed by atoms with E-state index in [9.17, 15) is 9.59 Å². The lowest BCUT2D eigenvalue weighted by Gasteiger charge is -2.20. The van der Waals surface area contributed by atoms with E-state index in [0.717, 1.165) is 16.8 Å². The summed E-state index contributed by atoms with van der Waals surface area (Å²) in [7, 11) is 2.91. The van der Waals surface area contributed by atoms with Gasteiger partial charge < -0.3 is 19.5 Å². The predicted molar refractivity (Wildman–Crippen MR) is 113 cm³/mol. The van der Waals surface area contributed by atoms with Gasteiger partial charge >= 0.3 is 5.97 Å². The zero-order valence-electron chi connectivity index (χ0n) is 17.9. The van der Waals surface area contributed by atoms with Crippen molar-refractivity contribution in [1.82, 2.24) is 0 Å². The second kappa shape index (κ2) is 9.96. The van der Waals surface area contributed by atoms with Crippen LogP contribution >= 0.6 is 0 Å². The maximum absolute atomic E-state index is 12.6. The van der Waals surface area contributed by atoms with E-state index >= 15 is 0 Å². The smallest absolute Gasteiger partial charge is 0.346 e. The van der Waals surface area contributed by atoms with Crippen molar-refractivity contribution in [2.45, 2.75) is 39.5 Å². The first-order valence-electron chi connectivity index (χ1n) is 9.60. The molecule has 0 aliphatic carbocycles. The summed E-state index contributed by atoms with van der Waals surface area (Å²) in [6.07, 6.45) is 0. The fraction of sp³-hybridized carbons (Fsp3) is 0.391. The molecule has 0 bridgehead atoms. The van der Waals surface area contributed by atoms with Gasteiger partial charge in [0.05, 0.1) is 14.2 Å². The Morgan fingerprint density at radius 3 is 1.79 bits per heavy atom. The Morgan fingerprint density at radius 1 is 0.862 bits per heavy atom. The summed E-state index contributed by atoms with van der Waals surface area (Å²) in [6.45, 7) is 7.88. The molecule has 2 aromatic carbocycles. The highest BCUT2D eigenvalue weighted by atomic mass is 16.5. The number of benzene rings is 2. The first kappa shape index (κ1) is 22.3. The van der Waals surface area contributed by atoms with Gasteiger partial charge in [-0.1, -0.05) is 52.0 Å². The molecule has 0 saturated heterocycles. The van der Waals surface area contributed by atoms with E-state index in [1.165, 1.54) is 14.2 Å². The predicted octanol–water partition coefficient (Wildman–Crippen LogP) is 4.75. The Bertz CT molecular complexity index is 825. The van der Waals surface area contributed by atoms with E-state index in [2.05, 4.69) is 33.0 Å². The van der Waals surface area contributed by atoms with Crippen LogP contribution in [0.25, 0.3) is 0 Å². The third kappa shape index (κ3) is 5.28. The molecule has 2 rings (SSSR count). The molecule has 2 aromatic rings. The number of nitrogens with one attached hydrogen (secondary N) is 1. The average molecular weight is 399 g/mol. The van der Waals surface area contributed by atoms with Crippen molar-refractivity contribution < 1.29 is 23.8 Å². The first-order valence-corrected chi connectivity index (χ1v) is 9.60. The molecule has 0 aromatic heterocycles. The number of carbonyl (C=O) groups excluding carboxylic acids is 2. The van der Waals surface area contributed by atoms with E-state index in [-0.39, 0.29) is 17.4 Å². The third-order valence-electron chi connectivity index (χ3n) is 4.60. The number of rotatable bonds is 8. The molecule has 29 heavy (non-hydrogen) atoms. The fourth-order valence-electron chi connectivity index (χ4n) is 3.13. The second-order valence-electron chi connectivity index (χ2n) is 7.28. The summed E-state index contributed by atoms with van der Waals surface area (Å²) < 4.78 is 15.7. The fourth-order valence-corrected chi connectivity index (χ4v) is 3.13. The number of ether oxygens (including phenoxy) is 3. The molecule has 0 fully saturated rings. The van der Waals surface area contributed by atoms with Crippen LogP contribution in [-0.2, 0) is 9.53 Å². The minimum absolute atomic E-state index is 0.149. The van der Waals surface area contributed by atoms with Gasteiger partial charge in [0.25, 0.3) is 5.91 Å². The highest BCUT2D eigenvalue weighted by molar-refractivity contribution is 5.99. The first-order chi connectivity index (χ1) is 13.8. The SMILES string of the molecule is COc1cccc(OC)c1C(=O)OCC(=O)Nc1c(C(C)C)cccc1C(C)C. The van der Waals surface area contributed by atoms with E-state index in [1.54, 1.807) is 18.2 Å². The lowest BCUT2D eigenvalue weighted by molar-refractivity contribution is -0.119. The summed E-state index contributed by atoms with van der Waals surface area (Å²) in [4.78, 5) is 25.1. The molecule has 0 atom stereocenters. The van der Waals surface area contributed by atoms with E-state index in [0.29, 0.717) is 11.5 Å². The molecular weight excluding hydrogens is 370 g/mol. The van der Waals surface area contributed by atoms with Gasteiger partial charge in [0.1, 0.15) is 17.1 Å². The summed E-state index contributed by atoms with van der Waals surface area (Å²) >= 11 is 0. The molecule has 0 heterocycles. The Hall–Kier alpha value is -3.02. The number of anilines is 1. The Kier molecular flexibility index (Phi) is 7.65. The van der Waals surface area contributed by atoms with Crippen LogP contribution < -0.4 is 14.8 Å². The molecule has 0 radical (unpaired) electrons. The summed E-state index contributed by atoms with van der Waals surface area (Å²) in [5, 5.41) is 2.93. The van der Waals surface area contributed by atoms with Crippen LogP contribution in [0.2, 0.25) is 0 Å². The van der Waals surface area contributed by atoms with Crippen LogP contribution in [-0.4, -0.2) is 32.7 Å². The molecular formula is C23H29NO5. The van der Waals surface area contributed by atoms with Crippen LogP contribution in [0.4, 0.5) is 5.69 Å². The molecule has 0 aliphatic rings. The van der Waals surface area contributed by atoms with Crippen LogP contribution in [0.3, 0.4) is 0 Å². The van der Waals surface area contributed by atoms with Crippen LogP contribution in [0.15, 0.2) is 36.4 Å². The van der Waals surface area contributed by atoms with Crippen molar-refractivity contribution in [3.8, 4) is 11.5 Å². The van der Waals surface area contributed by atoms with Crippen molar-refractivity contribution in [3.63, 3.8) is 0 Å². The van der Waals surface area contributed by atoms with Gasteiger partial charge in [-0.15, -0.1) is 0 Å². The van der Waals surface area contributed by atoms with Crippen molar-refractivity contribution in [2.24, 2.45) is 0 Å². The lowest BCUT2D eigenvalue weighted by atomic mass is 9.92. The molecule has 6 nitrogen and oxygen atoms in total. The molecule has 1 N–H and O–H groups in total. The van der Waals surface area contributed by atoms with Crippen LogP contribution in [0, 0.1) is 0 Å². The number of carbonyl (C=O) groups is 2. The number of methoxy groups -OCH3 is 2. The zero-order valence-corrected chi connectivity index (χ0v) is 17.9. The third-order valence-corrected chi connectivity index (χ3v) is 4.60. The van der Waals surface area contributed by atoms with Crippen LogP contribution in [0.1, 0.15) is 61.0 Å². The Labute approximate surface area is 172 Å². The summed E-state index contributed by atoms with van der Waals surface area (Å²) in [5.41, 5.74) is 3.02. The standard InChI is InChI=1S/C23H29NO5/c1-14(2)16-9-7-10-17(15(3)4)22(16)24-20(25)13-29-23(26)21-18(27-5)11-8-12-19(21)28-6/h7-12,14-15H,13H2,1-6H3,(H,24,25). The van der Waals surface area contributed by atoms with Crippen molar-refractivity contribution in [2.75, 3.05) is 26.1 Å². The molecule has 0 spiro atoms. The average Bonchev–Trinajstić information content (AvgIpc) is 2.70. The normalized spacial score (nSPS) is 10.8. The van der Waals surface area contributed by atoms with Gasteiger partial charge in [-0.3, -0.25) is 4.79 Å². The highest BCUT2D eigenvalue weighted by Gasteiger charge is 2.21. The summed E-state index contributed by atoms with van der Waals surface area (Å²) in [6, 6.07) is 11.0. The topological polar surface area (TPSA) is 73.9 Å². The molecule has 6 heteroatoms. The Morgan fingerprint density at radius 2 is 1.34 bits per heavy atom. The van der Waals surface area contributed by atoms with Crippen molar-refractivity contribution in [3.05, 3.63) is 53.1 Å². The number of amides is 1. The van der Waals surface area contributed by atoms with Gasteiger partial charge in [-0.05, 0) is 35.1 Å². The molecule has 156 valence electrons. The van der Waals surface area contributed by atoms with E-state index in [1.807, 2.05) is 18.2 Å². The van der Waals surface area contributed by atoms with Gasteiger partial charge in [0, 0.05) is 5.69 Å².